The van der Waals surface area contributed by atoms with Crippen LogP contribution in [0.2, 0.25) is 0 Å². The van der Waals surface area contributed by atoms with Crippen LogP contribution in [0, 0.1) is 5.41 Å². The van der Waals surface area contributed by atoms with Crippen LogP contribution in [0.3, 0.4) is 0 Å². The summed E-state index contributed by atoms with van der Waals surface area (Å²) in [6, 6.07) is 8.70. The molecule has 1 atom stereocenters. The van der Waals surface area contributed by atoms with Crippen LogP contribution in [0.5, 0.6) is 0 Å². The Morgan fingerprint density at radius 2 is 1.71 bits per heavy atom. The number of hydrogen-bond donors (Lipinski definition) is 0. The van der Waals surface area contributed by atoms with Gasteiger partial charge in [0.15, 0.2) is 9.84 Å². The maximum absolute atomic E-state index is 12.0. The predicted octanol–water partition coefficient (Wildman–Crippen LogP) is 2.26. The SMILES string of the molecule is CC1(C)C[C@H]1S(=O)(=O)c1ccccc1. The minimum absolute atomic E-state index is 0.0331. The molecular formula is C11H14O2S. The molecule has 0 radical (unpaired) electrons. The fraction of sp³-hybridized carbons (Fsp3) is 0.455. The molecular weight excluding hydrogens is 196 g/mol. The van der Waals surface area contributed by atoms with Crippen LogP contribution in [0.4, 0.5) is 0 Å². The Bertz CT molecular complexity index is 432. The molecule has 1 aromatic carbocycles. The monoisotopic (exact) mass is 210 g/mol. The van der Waals surface area contributed by atoms with Crippen molar-refractivity contribution in [3.8, 4) is 0 Å². The van der Waals surface area contributed by atoms with Crippen LogP contribution in [0.15, 0.2) is 35.2 Å². The second kappa shape index (κ2) is 2.83. The summed E-state index contributed by atoms with van der Waals surface area (Å²) in [5, 5.41) is -0.183. The molecule has 2 nitrogen and oxygen atoms in total. The molecule has 0 aliphatic heterocycles. The van der Waals surface area contributed by atoms with Crippen molar-refractivity contribution in [1.29, 1.82) is 0 Å². The summed E-state index contributed by atoms with van der Waals surface area (Å²) >= 11 is 0. The highest BCUT2D eigenvalue weighted by molar-refractivity contribution is 7.92. The van der Waals surface area contributed by atoms with Gasteiger partial charge in [-0.3, -0.25) is 0 Å². The van der Waals surface area contributed by atoms with Crippen molar-refractivity contribution < 1.29 is 8.42 Å². The smallest absolute Gasteiger partial charge is 0.181 e. The lowest BCUT2D eigenvalue weighted by Gasteiger charge is -2.05. The van der Waals surface area contributed by atoms with Crippen LogP contribution in [0.25, 0.3) is 0 Å². The van der Waals surface area contributed by atoms with E-state index in [1.807, 2.05) is 19.9 Å². The highest BCUT2D eigenvalue weighted by Gasteiger charge is 2.54. The molecule has 2 rings (SSSR count). The third kappa shape index (κ3) is 1.46. The largest absolute Gasteiger partial charge is 0.223 e. The van der Waals surface area contributed by atoms with E-state index in [1.54, 1.807) is 24.3 Å². The topological polar surface area (TPSA) is 34.1 Å². The summed E-state index contributed by atoms with van der Waals surface area (Å²) < 4.78 is 24.0. The maximum Gasteiger partial charge on any atom is 0.181 e. The van der Waals surface area contributed by atoms with E-state index >= 15 is 0 Å². The van der Waals surface area contributed by atoms with Crippen molar-refractivity contribution in [2.75, 3.05) is 0 Å². The number of sulfone groups is 1. The Morgan fingerprint density at radius 3 is 2.14 bits per heavy atom. The van der Waals surface area contributed by atoms with Gasteiger partial charge >= 0.3 is 0 Å². The Labute approximate surface area is 84.9 Å². The van der Waals surface area contributed by atoms with Crippen molar-refractivity contribution in [3.63, 3.8) is 0 Å². The first-order chi connectivity index (χ1) is 6.44. The highest BCUT2D eigenvalue weighted by atomic mass is 32.2. The van der Waals surface area contributed by atoms with Gasteiger partial charge in [-0.1, -0.05) is 32.0 Å². The quantitative estimate of drug-likeness (QED) is 0.750. The fourth-order valence-corrected chi connectivity index (χ4v) is 4.08. The predicted molar refractivity (Wildman–Crippen MR) is 55.8 cm³/mol. The second-order valence-corrected chi connectivity index (χ2v) is 6.67. The lowest BCUT2D eigenvalue weighted by Crippen LogP contribution is -2.12. The molecule has 1 aromatic rings. The first kappa shape index (κ1) is 9.71. The Hall–Kier alpha value is -0.830. The summed E-state index contributed by atoms with van der Waals surface area (Å²) in [6.45, 7) is 4.00. The van der Waals surface area contributed by atoms with Crippen LogP contribution >= 0.6 is 0 Å². The molecule has 0 N–H and O–H groups in total. The number of benzene rings is 1. The minimum Gasteiger partial charge on any atom is -0.223 e. The summed E-state index contributed by atoms with van der Waals surface area (Å²) in [5.74, 6) is 0. The van der Waals surface area contributed by atoms with Gasteiger partial charge in [0.2, 0.25) is 0 Å². The zero-order chi connectivity index (χ0) is 10.4. The first-order valence-electron chi connectivity index (χ1n) is 4.73. The molecule has 1 aliphatic rings. The van der Waals surface area contributed by atoms with Crippen molar-refractivity contribution in [2.24, 2.45) is 5.41 Å². The molecule has 1 aliphatic carbocycles. The van der Waals surface area contributed by atoms with Gasteiger partial charge in [0, 0.05) is 0 Å². The molecule has 0 spiro atoms. The molecule has 0 unspecified atom stereocenters. The van der Waals surface area contributed by atoms with Gasteiger partial charge in [0.1, 0.15) is 0 Å². The van der Waals surface area contributed by atoms with Crippen molar-refractivity contribution in [3.05, 3.63) is 30.3 Å². The molecule has 0 aromatic heterocycles. The van der Waals surface area contributed by atoms with Crippen LogP contribution < -0.4 is 0 Å². The normalized spacial score (nSPS) is 24.6. The maximum atomic E-state index is 12.0. The number of rotatable bonds is 2. The Morgan fingerprint density at radius 1 is 1.21 bits per heavy atom. The van der Waals surface area contributed by atoms with Crippen molar-refractivity contribution in [1.82, 2.24) is 0 Å². The molecule has 14 heavy (non-hydrogen) atoms. The van der Waals surface area contributed by atoms with Crippen molar-refractivity contribution in [2.45, 2.75) is 30.4 Å². The molecule has 1 saturated carbocycles. The molecule has 0 saturated heterocycles. The second-order valence-electron chi connectivity index (χ2n) is 4.54. The summed E-state index contributed by atoms with van der Waals surface area (Å²) in [4.78, 5) is 0.454. The van der Waals surface area contributed by atoms with Crippen LogP contribution in [-0.2, 0) is 9.84 Å². The Kier molecular flexibility index (Phi) is 1.96. The molecule has 1 fully saturated rings. The third-order valence-electron chi connectivity index (χ3n) is 2.87. The van der Waals surface area contributed by atoms with E-state index in [0.29, 0.717) is 4.90 Å². The van der Waals surface area contributed by atoms with Gasteiger partial charge in [0.05, 0.1) is 10.1 Å². The third-order valence-corrected chi connectivity index (χ3v) is 5.35. The van der Waals surface area contributed by atoms with Crippen molar-refractivity contribution >= 4 is 9.84 Å². The van der Waals surface area contributed by atoms with Gasteiger partial charge in [-0.25, -0.2) is 8.42 Å². The van der Waals surface area contributed by atoms with E-state index in [4.69, 9.17) is 0 Å². The average Bonchev–Trinajstić information content (AvgIpc) is 2.78. The standard InChI is InChI=1S/C11H14O2S/c1-11(2)8-10(11)14(12,13)9-6-4-3-5-7-9/h3-7,10H,8H2,1-2H3/t10-/m1/s1. The molecule has 76 valence electrons. The zero-order valence-electron chi connectivity index (χ0n) is 8.40. The van der Waals surface area contributed by atoms with E-state index in [0.717, 1.165) is 6.42 Å². The van der Waals surface area contributed by atoms with E-state index in [-0.39, 0.29) is 10.7 Å². The number of hydrogen-bond acceptors (Lipinski definition) is 2. The summed E-state index contributed by atoms with van der Waals surface area (Å²) in [7, 11) is -3.07. The lowest BCUT2D eigenvalue weighted by molar-refractivity contribution is 0.579. The van der Waals surface area contributed by atoms with Gasteiger partial charge < -0.3 is 0 Å². The van der Waals surface area contributed by atoms with Gasteiger partial charge in [0.25, 0.3) is 0 Å². The van der Waals surface area contributed by atoms with Gasteiger partial charge in [-0.2, -0.15) is 0 Å². The van der Waals surface area contributed by atoms with Crippen LogP contribution in [-0.4, -0.2) is 13.7 Å². The van der Waals surface area contributed by atoms with Gasteiger partial charge in [-0.05, 0) is 24.0 Å². The average molecular weight is 210 g/mol. The van der Waals surface area contributed by atoms with E-state index in [2.05, 4.69) is 0 Å². The molecule has 0 heterocycles. The first-order valence-corrected chi connectivity index (χ1v) is 6.28. The summed E-state index contributed by atoms with van der Waals surface area (Å²) in [6.07, 6.45) is 0.782. The summed E-state index contributed by atoms with van der Waals surface area (Å²) in [5.41, 5.74) is -0.0331. The fourth-order valence-electron chi connectivity index (χ4n) is 1.72. The molecule has 0 bridgehead atoms. The molecule has 3 heteroatoms. The van der Waals surface area contributed by atoms with E-state index in [1.165, 1.54) is 0 Å². The lowest BCUT2D eigenvalue weighted by atomic mass is 10.2. The Balaban J connectivity index is 2.37. The van der Waals surface area contributed by atoms with Crippen LogP contribution in [0.1, 0.15) is 20.3 Å². The minimum atomic E-state index is -3.07. The molecule has 0 amide bonds. The van der Waals surface area contributed by atoms with E-state index < -0.39 is 9.84 Å². The van der Waals surface area contributed by atoms with Gasteiger partial charge in [-0.15, -0.1) is 0 Å². The highest BCUT2D eigenvalue weighted by Crippen LogP contribution is 2.51. The zero-order valence-corrected chi connectivity index (χ0v) is 9.21. The van der Waals surface area contributed by atoms with E-state index in [9.17, 15) is 8.42 Å².